The Labute approximate surface area is 123 Å². The Morgan fingerprint density at radius 1 is 1.15 bits per heavy atom. The molecule has 0 fully saturated rings. The summed E-state index contributed by atoms with van der Waals surface area (Å²) >= 11 is 1.69. The van der Waals surface area contributed by atoms with E-state index in [0.29, 0.717) is 12.2 Å². The van der Waals surface area contributed by atoms with Crippen LogP contribution in [0.2, 0.25) is 0 Å². The first-order chi connectivity index (χ1) is 9.76. The topological polar surface area (TPSA) is 42.2 Å². The summed E-state index contributed by atoms with van der Waals surface area (Å²) < 4.78 is 11.0. The summed E-state index contributed by atoms with van der Waals surface area (Å²) in [6.45, 7) is 0.372. The SMILES string of the molecule is COc1ccc(C#N)cc1COc1ccc(SC)cc1. The summed E-state index contributed by atoms with van der Waals surface area (Å²) in [7, 11) is 1.61. The summed E-state index contributed by atoms with van der Waals surface area (Å²) in [5.41, 5.74) is 1.46. The highest BCUT2D eigenvalue weighted by atomic mass is 32.2. The Kier molecular flexibility index (Phi) is 4.91. The lowest BCUT2D eigenvalue weighted by Crippen LogP contribution is -1.99. The molecular formula is C16H15NO2S. The maximum atomic E-state index is 8.93. The van der Waals surface area contributed by atoms with Crippen molar-refractivity contribution in [3.8, 4) is 17.6 Å². The van der Waals surface area contributed by atoms with E-state index in [1.54, 1.807) is 37.1 Å². The predicted molar refractivity (Wildman–Crippen MR) is 80.3 cm³/mol. The molecule has 0 heterocycles. The van der Waals surface area contributed by atoms with Gasteiger partial charge >= 0.3 is 0 Å². The highest BCUT2D eigenvalue weighted by Gasteiger charge is 2.05. The number of hydrogen-bond donors (Lipinski definition) is 0. The van der Waals surface area contributed by atoms with E-state index < -0.39 is 0 Å². The Balaban J connectivity index is 2.11. The maximum Gasteiger partial charge on any atom is 0.125 e. The van der Waals surface area contributed by atoms with Crippen LogP contribution in [-0.2, 0) is 6.61 Å². The molecule has 0 atom stereocenters. The number of thioether (sulfide) groups is 1. The molecule has 0 saturated carbocycles. The second kappa shape index (κ2) is 6.88. The van der Waals surface area contributed by atoms with Crippen molar-refractivity contribution in [1.29, 1.82) is 5.26 Å². The van der Waals surface area contributed by atoms with Gasteiger partial charge in [-0.2, -0.15) is 5.26 Å². The molecule has 0 amide bonds. The van der Waals surface area contributed by atoms with Crippen LogP contribution in [0.5, 0.6) is 11.5 Å². The van der Waals surface area contributed by atoms with Crippen molar-refractivity contribution in [2.45, 2.75) is 11.5 Å². The molecule has 0 N–H and O–H groups in total. The molecule has 2 rings (SSSR count). The predicted octanol–water partition coefficient (Wildman–Crippen LogP) is 3.87. The first-order valence-electron chi connectivity index (χ1n) is 6.10. The van der Waals surface area contributed by atoms with Crippen LogP contribution in [0, 0.1) is 11.3 Å². The van der Waals surface area contributed by atoms with Crippen LogP contribution in [0.1, 0.15) is 11.1 Å². The Hall–Kier alpha value is -2.12. The molecule has 0 spiro atoms. The molecule has 0 radical (unpaired) electrons. The molecule has 0 bridgehead atoms. The number of nitriles is 1. The van der Waals surface area contributed by atoms with Gasteiger partial charge in [-0.3, -0.25) is 0 Å². The zero-order valence-corrected chi connectivity index (χ0v) is 12.2. The second-order valence-electron chi connectivity index (χ2n) is 4.10. The molecule has 20 heavy (non-hydrogen) atoms. The van der Waals surface area contributed by atoms with Crippen LogP contribution in [0.25, 0.3) is 0 Å². The van der Waals surface area contributed by atoms with Crippen molar-refractivity contribution >= 4 is 11.8 Å². The van der Waals surface area contributed by atoms with Crippen LogP contribution < -0.4 is 9.47 Å². The molecule has 102 valence electrons. The molecule has 0 saturated heterocycles. The minimum Gasteiger partial charge on any atom is -0.496 e. The summed E-state index contributed by atoms with van der Waals surface area (Å²) in [4.78, 5) is 1.20. The van der Waals surface area contributed by atoms with Gasteiger partial charge in [0, 0.05) is 10.5 Å². The zero-order chi connectivity index (χ0) is 14.4. The van der Waals surface area contributed by atoms with Gasteiger partial charge in [-0.05, 0) is 48.7 Å². The number of rotatable bonds is 5. The smallest absolute Gasteiger partial charge is 0.125 e. The van der Waals surface area contributed by atoms with Crippen molar-refractivity contribution in [3.05, 3.63) is 53.6 Å². The quantitative estimate of drug-likeness (QED) is 0.782. The molecule has 4 heteroatoms. The Bertz CT molecular complexity index is 617. The van der Waals surface area contributed by atoms with Gasteiger partial charge < -0.3 is 9.47 Å². The van der Waals surface area contributed by atoms with E-state index in [4.69, 9.17) is 14.7 Å². The van der Waals surface area contributed by atoms with E-state index >= 15 is 0 Å². The van der Waals surface area contributed by atoms with E-state index in [1.807, 2.05) is 30.5 Å². The summed E-state index contributed by atoms with van der Waals surface area (Å²) in [6.07, 6.45) is 2.04. The van der Waals surface area contributed by atoms with Crippen LogP contribution in [0.4, 0.5) is 0 Å². The van der Waals surface area contributed by atoms with E-state index in [0.717, 1.165) is 17.1 Å². The van der Waals surface area contributed by atoms with Crippen LogP contribution in [0.3, 0.4) is 0 Å². The molecule has 0 aliphatic carbocycles. The van der Waals surface area contributed by atoms with Gasteiger partial charge in [-0.1, -0.05) is 0 Å². The number of methoxy groups -OCH3 is 1. The van der Waals surface area contributed by atoms with E-state index in [2.05, 4.69) is 6.07 Å². The van der Waals surface area contributed by atoms with Crippen molar-refractivity contribution in [1.82, 2.24) is 0 Å². The largest absolute Gasteiger partial charge is 0.496 e. The third kappa shape index (κ3) is 3.46. The van der Waals surface area contributed by atoms with Gasteiger partial charge in [0.1, 0.15) is 18.1 Å². The van der Waals surface area contributed by atoms with Gasteiger partial charge in [0.15, 0.2) is 0 Å². The fourth-order valence-corrected chi connectivity index (χ4v) is 2.20. The molecule has 2 aromatic rings. The average Bonchev–Trinajstić information content (AvgIpc) is 2.53. The average molecular weight is 285 g/mol. The fourth-order valence-electron chi connectivity index (χ4n) is 1.79. The van der Waals surface area contributed by atoms with Gasteiger partial charge in [0.25, 0.3) is 0 Å². The van der Waals surface area contributed by atoms with Crippen molar-refractivity contribution in [2.75, 3.05) is 13.4 Å². The van der Waals surface area contributed by atoms with Gasteiger partial charge in [-0.15, -0.1) is 11.8 Å². The number of ether oxygens (including phenoxy) is 2. The lowest BCUT2D eigenvalue weighted by molar-refractivity contribution is 0.296. The van der Waals surface area contributed by atoms with Crippen molar-refractivity contribution in [2.24, 2.45) is 0 Å². The lowest BCUT2D eigenvalue weighted by Gasteiger charge is -2.11. The monoisotopic (exact) mass is 285 g/mol. The molecular weight excluding hydrogens is 270 g/mol. The van der Waals surface area contributed by atoms with Gasteiger partial charge in [-0.25, -0.2) is 0 Å². The van der Waals surface area contributed by atoms with Crippen LogP contribution >= 0.6 is 11.8 Å². The van der Waals surface area contributed by atoms with E-state index in [-0.39, 0.29) is 0 Å². The zero-order valence-electron chi connectivity index (χ0n) is 11.4. The third-order valence-electron chi connectivity index (χ3n) is 2.86. The molecule has 2 aromatic carbocycles. The van der Waals surface area contributed by atoms with E-state index in [1.165, 1.54) is 4.90 Å². The normalized spacial score (nSPS) is 9.85. The molecule has 0 unspecified atom stereocenters. The first kappa shape index (κ1) is 14.3. The van der Waals surface area contributed by atoms with Crippen LogP contribution in [-0.4, -0.2) is 13.4 Å². The standard InChI is InChI=1S/C16H15NO2S/c1-18-16-8-3-12(10-17)9-13(16)11-19-14-4-6-15(20-2)7-5-14/h3-9H,11H2,1-2H3. The third-order valence-corrected chi connectivity index (χ3v) is 3.61. The van der Waals surface area contributed by atoms with Crippen LogP contribution in [0.15, 0.2) is 47.4 Å². The fraction of sp³-hybridized carbons (Fsp3) is 0.188. The van der Waals surface area contributed by atoms with E-state index in [9.17, 15) is 0 Å². The summed E-state index contributed by atoms with van der Waals surface area (Å²) in [5.74, 6) is 1.52. The molecule has 0 aromatic heterocycles. The van der Waals surface area contributed by atoms with Gasteiger partial charge in [0.2, 0.25) is 0 Å². The van der Waals surface area contributed by atoms with Crippen molar-refractivity contribution in [3.63, 3.8) is 0 Å². The summed E-state index contributed by atoms with van der Waals surface area (Å²) in [6, 6.07) is 15.3. The number of hydrogen-bond acceptors (Lipinski definition) is 4. The Morgan fingerprint density at radius 3 is 2.50 bits per heavy atom. The lowest BCUT2D eigenvalue weighted by atomic mass is 10.1. The molecule has 0 aliphatic rings. The highest BCUT2D eigenvalue weighted by molar-refractivity contribution is 7.98. The second-order valence-corrected chi connectivity index (χ2v) is 4.98. The summed E-state index contributed by atoms with van der Waals surface area (Å²) in [5, 5.41) is 8.93. The number of benzene rings is 2. The minimum atomic E-state index is 0.372. The first-order valence-corrected chi connectivity index (χ1v) is 7.33. The highest BCUT2D eigenvalue weighted by Crippen LogP contribution is 2.23. The maximum absolute atomic E-state index is 8.93. The number of nitrogens with zero attached hydrogens (tertiary/aromatic N) is 1. The van der Waals surface area contributed by atoms with Crippen molar-refractivity contribution < 1.29 is 9.47 Å². The van der Waals surface area contributed by atoms with Gasteiger partial charge in [0.05, 0.1) is 18.7 Å². The molecule has 3 nitrogen and oxygen atoms in total. The Morgan fingerprint density at radius 2 is 1.90 bits per heavy atom. The molecule has 0 aliphatic heterocycles. The minimum absolute atomic E-state index is 0.372.